The number of aliphatic hydroxyl groups is 1. The molecule has 1 aliphatic heterocycles. The molecule has 5 heteroatoms. The van der Waals surface area contributed by atoms with Crippen molar-refractivity contribution in [3.63, 3.8) is 0 Å². The van der Waals surface area contributed by atoms with Crippen molar-refractivity contribution in [3.05, 3.63) is 34.9 Å². The van der Waals surface area contributed by atoms with E-state index in [1.165, 1.54) is 0 Å². The zero-order valence-corrected chi connectivity index (χ0v) is 13.4. The summed E-state index contributed by atoms with van der Waals surface area (Å²) < 4.78 is 0. The van der Waals surface area contributed by atoms with Crippen LogP contribution in [0.25, 0.3) is 0 Å². The highest BCUT2D eigenvalue weighted by Crippen LogP contribution is 2.22. The van der Waals surface area contributed by atoms with Crippen LogP contribution < -0.4 is 5.32 Å². The summed E-state index contributed by atoms with van der Waals surface area (Å²) in [6.45, 7) is 5.45. The van der Waals surface area contributed by atoms with Gasteiger partial charge in [0.15, 0.2) is 0 Å². The largest absolute Gasteiger partial charge is 0.389 e. The molecule has 0 saturated carbocycles. The summed E-state index contributed by atoms with van der Waals surface area (Å²) >= 11 is 6.14. The van der Waals surface area contributed by atoms with Gasteiger partial charge in [-0.2, -0.15) is 0 Å². The van der Waals surface area contributed by atoms with Crippen LogP contribution in [0.1, 0.15) is 38.3 Å². The molecule has 1 fully saturated rings. The Bertz CT molecular complexity index is 505. The summed E-state index contributed by atoms with van der Waals surface area (Å²) in [6.07, 6.45) is 1.71. The van der Waals surface area contributed by atoms with E-state index in [-0.39, 0.29) is 11.9 Å². The number of carbonyl (C=O) groups is 1. The minimum Gasteiger partial charge on any atom is -0.389 e. The summed E-state index contributed by atoms with van der Waals surface area (Å²) in [5.41, 5.74) is 0.227. The van der Waals surface area contributed by atoms with E-state index < -0.39 is 5.60 Å². The number of halogens is 1. The first kappa shape index (κ1) is 16.3. The number of likely N-dealkylation sites (tertiary alicyclic amines) is 1. The van der Waals surface area contributed by atoms with E-state index in [4.69, 9.17) is 11.6 Å². The number of hydrogen-bond donors (Lipinski definition) is 2. The molecule has 1 saturated heterocycles. The molecule has 21 heavy (non-hydrogen) atoms. The highest BCUT2D eigenvalue weighted by molar-refractivity contribution is 6.31. The standard InChI is InChI=1S/C16H23ClN2O2/c1-12(13-6-3-4-7-14(13)17)18-15(20)10-19-9-5-8-16(2,21)11-19/h3-4,6-7,12,21H,5,8-11H2,1-2H3,(H,18,20). The van der Waals surface area contributed by atoms with E-state index in [1.807, 2.05) is 43.0 Å². The molecule has 4 nitrogen and oxygen atoms in total. The number of nitrogens with one attached hydrogen (secondary N) is 1. The molecule has 0 radical (unpaired) electrons. The molecule has 2 N–H and O–H groups in total. The van der Waals surface area contributed by atoms with E-state index in [0.29, 0.717) is 18.1 Å². The van der Waals surface area contributed by atoms with E-state index in [9.17, 15) is 9.90 Å². The van der Waals surface area contributed by atoms with Crippen LogP contribution in [0.2, 0.25) is 5.02 Å². The molecule has 1 aliphatic rings. The average molecular weight is 311 g/mol. The molecule has 0 spiro atoms. The van der Waals surface area contributed by atoms with Crippen LogP contribution in [0.15, 0.2) is 24.3 Å². The first-order valence-corrected chi connectivity index (χ1v) is 7.74. The molecule has 0 aliphatic carbocycles. The maximum atomic E-state index is 12.1. The fourth-order valence-electron chi connectivity index (χ4n) is 2.85. The second-order valence-electron chi connectivity index (χ2n) is 6.12. The Hall–Kier alpha value is -1.10. The summed E-state index contributed by atoms with van der Waals surface area (Å²) in [5, 5.41) is 13.7. The topological polar surface area (TPSA) is 52.6 Å². The first-order chi connectivity index (χ1) is 9.87. The van der Waals surface area contributed by atoms with Gasteiger partial charge in [0.2, 0.25) is 5.91 Å². The van der Waals surface area contributed by atoms with Gasteiger partial charge in [0.05, 0.1) is 18.2 Å². The van der Waals surface area contributed by atoms with Gasteiger partial charge < -0.3 is 10.4 Å². The van der Waals surface area contributed by atoms with Gasteiger partial charge in [0, 0.05) is 11.6 Å². The molecular formula is C16H23ClN2O2. The molecule has 1 aromatic rings. The molecular weight excluding hydrogens is 288 g/mol. The Balaban J connectivity index is 1.88. The maximum absolute atomic E-state index is 12.1. The fourth-order valence-corrected chi connectivity index (χ4v) is 3.15. The van der Waals surface area contributed by atoms with Gasteiger partial charge in [0.25, 0.3) is 0 Å². The fraction of sp³-hybridized carbons (Fsp3) is 0.562. The summed E-state index contributed by atoms with van der Waals surface area (Å²) in [7, 11) is 0. The van der Waals surface area contributed by atoms with Gasteiger partial charge in [-0.3, -0.25) is 9.69 Å². The highest BCUT2D eigenvalue weighted by Gasteiger charge is 2.29. The van der Waals surface area contributed by atoms with Crippen molar-refractivity contribution < 1.29 is 9.90 Å². The SMILES string of the molecule is CC(NC(=O)CN1CCCC(C)(O)C1)c1ccccc1Cl. The molecule has 0 bridgehead atoms. The predicted octanol–water partition coefficient (Wildman–Crippen LogP) is 2.36. The van der Waals surface area contributed by atoms with Crippen molar-refractivity contribution in [1.29, 1.82) is 0 Å². The number of hydrogen-bond acceptors (Lipinski definition) is 3. The lowest BCUT2D eigenvalue weighted by Crippen LogP contribution is -2.49. The van der Waals surface area contributed by atoms with E-state index in [1.54, 1.807) is 0 Å². The van der Waals surface area contributed by atoms with Gasteiger partial charge in [-0.15, -0.1) is 0 Å². The second-order valence-corrected chi connectivity index (χ2v) is 6.53. The van der Waals surface area contributed by atoms with Crippen molar-refractivity contribution in [2.45, 2.75) is 38.3 Å². The Morgan fingerprint density at radius 3 is 2.90 bits per heavy atom. The quantitative estimate of drug-likeness (QED) is 0.897. The van der Waals surface area contributed by atoms with Crippen LogP contribution >= 0.6 is 11.6 Å². The minimum atomic E-state index is -0.688. The third-order valence-electron chi connectivity index (χ3n) is 3.87. The number of benzene rings is 1. The Morgan fingerprint density at radius 2 is 2.24 bits per heavy atom. The minimum absolute atomic E-state index is 0.0416. The lowest BCUT2D eigenvalue weighted by molar-refractivity contribution is -0.124. The summed E-state index contributed by atoms with van der Waals surface area (Å²) in [4.78, 5) is 14.1. The van der Waals surface area contributed by atoms with Crippen LogP contribution in [-0.4, -0.2) is 41.1 Å². The van der Waals surface area contributed by atoms with Crippen LogP contribution in [-0.2, 0) is 4.79 Å². The maximum Gasteiger partial charge on any atom is 0.234 e. The molecule has 1 amide bonds. The highest BCUT2D eigenvalue weighted by atomic mass is 35.5. The smallest absolute Gasteiger partial charge is 0.234 e. The number of amides is 1. The van der Waals surface area contributed by atoms with Crippen molar-refractivity contribution in [2.75, 3.05) is 19.6 Å². The van der Waals surface area contributed by atoms with E-state index in [2.05, 4.69) is 5.32 Å². The first-order valence-electron chi connectivity index (χ1n) is 7.36. The zero-order chi connectivity index (χ0) is 15.5. The molecule has 2 unspecified atom stereocenters. The van der Waals surface area contributed by atoms with Crippen molar-refractivity contribution in [1.82, 2.24) is 10.2 Å². The molecule has 116 valence electrons. The third-order valence-corrected chi connectivity index (χ3v) is 4.21. The summed E-state index contributed by atoms with van der Waals surface area (Å²) in [6, 6.07) is 7.39. The monoisotopic (exact) mass is 310 g/mol. The number of nitrogens with zero attached hydrogens (tertiary/aromatic N) is 1. The van der Waals surface area contributed by atoms with Crippen molar-refractivity contribution >= 4 is 17.5 Å². The summed E-state index contributed by atoms with van der Waals surface area (Å²) in [5.74, 6) is -0.0416. The molecule has 0 aromatic heterocycles. The lowest BCUT2D eigenvalue weighted by Gasteiger charge is -2.36. The Morgan fingerprint density at radius 1 is 1.52 bits per heavy atom. The van der Waals surface area contributed by atoms with Crippen molar-refractivity contribution in [2.24, 2.45) is 0 Å². The van der Waals surface area contributed by atoms with Crippen LogP contribution in [0.4, 0.5) is 0 Å². The Kier molecular flexibility index (Phi) is 5.25. The molecule has 1 aromatic carbocycles. The van der Waals surface area contributed by atoms with Gasteiger partial charge in [-0.05, 0) is 44.9 Å². The van der Waals surface area contributed by atoms with Crippen molar-refractivity contribution in [3.8, 4) is 0 Å². The van der Waals surface area contributed by atoms with Gasteiger partial charge in [-0.25, -0.2) is 0 Å². The van der Waals surface area contributed by atoms with E-state index >= 15 is 0 Å². The number of carbonyl (C=O) groups excluding carboxylic acids is 1. The second kappa shape index (κ2) is 6.77. The number of rotatable bonds is 4. The predicted molar refractivity (Wildman–Crippen MR) is 84.3 cm³/mol. The molecule has 1 heterocycles. The Labute approximate surface area is 131 Å². The average Bonchev–Trinajstić information content (AvgIpc) is 2.37. The molecule has 2 atom stereocenters. The van der Waals surface area contributed by atoms with Crippen LogP contribution in [0, 0.1) is 0 Å². The van der Waals surface area contributed by atoms with Crippen LogP contribution in [0.5, 0.6) is 0 Å². The van der Waals surface area contributed by atoms with E-state index in [0.717, 1.165) is 24.9 Å². The van der Waals surface area contributed by atoms with Gasteiger partial charge >= 0.3 is 0 Å². The van der Waals surface area contributed by atoms with Gasteiger partial charge in [0.1, 0.15) is 0 Å². The lowest BCUT2D eigenvalue weighted by atomic mass is 9.95. The zero-order valence-electron chi connectivity index (χ0n) is 12.6. The van der Waals surface area contributed by atoms with Crippen LogP contribution in [0.3, 0.4) is 0 Å². The third kappa shape index (κ3) is 4.70. The number of piperidine rings is 1. The number of β-amino-alcohol motifs (C(OH)–C–C–N with tert-alkyl or cyclic N) is 1. The molecule has 2 rings (SSSR count). The normalized spacial score (nSPS) is 24.6. The van der Waals surface area contributed by atoms with Gasteiger partial charge in [-0.1, -0.05) is 29.8 Å².